The zero-order valence-corrected chi connectivity index (χ0v) is 9.15. The molecule has 1 aromatic carbocycles. The Kier molecular flexibility index (Phi) is 3.72. The van der Waals surface area contributed by atoms with Crippen molar-refractivity contribution in [3.05, 3.63) is 28.5 Å². The smallest absolute Gasteiger partial charge is 0.142 e. The molecule has 2 nitrogen and oxygen atoms in total. The van der Waals surface area contributed by atoms with E-state index in [9.17, 15) is 4.39 Å². The van der Waals surface area contributed by atoms with Crippen molar-refractivity contribution in [2.45, 2.75) is 13.0 Å². The van der Waals surface area contributed by atoms with Gasteiger partial charge in [-0.1, -0.05) is 11.6 Å². The van der Waals surface area contributed by atoms with Gasteiger partial charge in [-0.3, -0.25) is 0 Å². The Hall–Kier alpha value is -0.800. The number of rotatable bonds is 3. The zero-order valence-electron chi connectivity index (χ0n) is 8.40. The van der Waals surface area contributed by atoms with Gasteiger partial charge in [-0.25, -0.2) is 4.39 Å². The van der Waals surface area contributed by atoms with Crippen LogP contribution in [0, 0.1) is 5.82 Å². The van der Waals surface area contributed by atoms with E-state index in [0.29, 0.717) is 10.8 Å². The molecule has 1 atom stereocenters. The molecular formula is C10H13ClFNO. The first kappa shape index (κ1) is 11.3. The van der Waals surface area contributed by atoms with Crippen LogP contribution < -0.4 is 10.1 Å². The first-order valence-electron chi connectivity index (χ1n) is 4.30. The van der Waals surface area contributed by atoms with E-state index in [1.54, 1.807) is 7.05 Å². The molecule has 0 heterocycles. The third-order valence-corrected chi connectivity index (χ3v) is 2.42. The maximum Gasteiger partial charge on any atom is 0.142 e. The lowest BCUT2D eigenvalue weighted by Crippen LogP contribution is -2.13. The van der Waals surface area contributed by atoms with Crippen molar-refractivity contribution in [3.8, 4) is 5.75 Å². The summed E-state index contributed by atoms with van der Waals surface area (Å²) in [4.78, 5) is 0. The highest BCUT2D eigenvalue weighted by atomic mass is 35.5. The van der Waals surface area contributed by atoms with Crippen molar-refractivity contribution < 1.29 is 9.13 Å². The lowest BCUT2D eigenvalue weighted by atomic mass is 10.1. The molecule has 0 saturated carbocycles. The Balaban J connectivity index is 3.24. The summed E-state index contributed by atoms with van der Waals surface area (Å²) in [5.41, 5.74) is 0.722. The van der Waals surface area contributed by atoms with Crippen LogP contribution in [0.2, 0.25) is 5.02 Å². The minimum absolute atomic E-state index is 0.00171. The van der Waals surface area contributed by atoms with E-state index in [-0.39, 0.29) is 11.9 Å². The summed E-state index contributed by atoms with van der Waals surface area (Å²) in [5.74, 6) is 0.169. The molecular weight excluding hydrogens is 205 g/mol. The number of methoxy groups -OCH3 is 1. The second kappa shape index (κ2) is 4.62. The van der Waals surface area contributed by atoms with E-state index in [1.165, 1.54) is 19.2 Å². The van der Waals surface area contributed by atoms with Gasteiger partial charge >= 0.3 is 0 Å². The van der Waals surface area contributed by atoms with Gasteiger partial charge in [0.2, 0.25) is 0 Å². The van der Waals surface area contributed by atoms with Crippen LogP contribution in [0.15, 0.2) is 12.1 Å². The van der Waals surface area contributed by atoms with Gasteiger partial charge in [-0.15, -0.1) is 0 Å². The predicted octanol–water partition coefficient (Wildman–Crippen LogP) is 2.77. The molecule has 0 fully saturated rings. The van der Waals surface area contributed by atoms with E-state index in [0.717, 1.165) is 5.56 Å². The van der Waals surface area contributed by atoms with E-state index in [4.69, 9.17) is 16.3 Å². The third kappa shape index (κ3) is 2.16. The highest BCUT2D eigenvalue weighted by Gasteiger charge is 2.14. The van der Waals surface area contributed by atoms with E-state index in [1.807, 2.05) is 6.92 Å². The molecule has 0 saturated heterocycles. The van der Waals surface area contributed by atoms with Crippen LogP contribution >= 0.6 is 11.6 Å². The highest BCUT2D eigenvalue weighted by Crippen LogP contribution is 2.33. The third-order valence-electron chi connectivity index (χ3n) is 2.14. The van der Waals surface area contributed by atoms with Crippen LogP contribution in [0.1, 0.15) is 18.5 Å². The van der Waals surface area contributed by atoms with E-state index < -0.39 is 0 Å². The van der Waals surface area contributed by atoms with Crippen LogP contribution in [-0.4, -0.2) is 14.2 Å². The maximum atomic E-state index is 13.1. The first-order chi connectivity index (χ1) is 6.60. The summed E-state index contributed by atoms with van der Waals surface area (Å²) in [6, 6.07) is 2.66. The van der Waals surface area contributed by atoms with Gasteiger partial charge in [0, 0.05) is 11.6 Å². The molecule has 0 bridgehead atoms. The van der Waals surface area contributed by atoms with Gasteiger partial charge in [0.15, 0.2) is 0 Å². The molecule has 1 rings (SSSR count). The normalized spacial score (nSPS) is 12.6. The molecule has 78 valence electrons. The van der Waals surface area contributed by atoms with Crippen molar-refractivity contribution in [1.82, 2.24) is 5.32 Å². The van der Waals surface area contributed by atoms with Crippen molar-refractivity contribution in [2.75, 3.05) is 14.2 Å². The molecule has 1 unspecified atom stereocenters. The fourth-order valence-corrected chi connectivity index (χ4v) is 1.56. The molecule has 4 heteroatoms. The molecule has 0 radical (unpaired) electrons. The monoisotopic (exact) mass is 217 g/mol. The molecule has 0 amide bonds. The highest BCUT2D eigenvalue weighted by molar-refractivity contribution is 6.32. The predicted molar refractivity (Wildman–Crippen MR) is 55.4 cm³/mol. The summed E-state index contributed by atoms with van der Waals surface area (Å²) >= 11 is 5.84. The van der Waals surface area contributed by atoms with Crippen LogP contribution in [0.25, 0.3) is 0 Å². The Morgan fingerprint density at radius 2 is 2.14 bits per heavy atom. The first-order valence-corrected chi connectivity index (χ1v) is 4.68. The van der Waals surface area contributed by atoms with Crippen LogP contribution in [0.3, 0.4) is 0 Å². The SMILES string of the molecule is CNC(C)c1cc(F)cc(Cl)c1OC. The molecule has 0 spiro atoms. The van der Waals surface area contributed by atoms with Gasteiger partial charge in [0.25, 0.3) is 0 Å². The van der Waals surface area contributed by atoms with E-state index in [2.05, 4.69) is 5.32 Å². The lowest BCUT2D eigenvalue weighted by molar-refractivity contribution is 0.402. The second-order valence-corrected chi connectivity index (χ2v) is 3.43. The topological polar surface area (TPSA) is 21.3 Å². The molecule has 1 aromatic rings. The van der Waals surface area contributed by atoms with Crippen LogP contribution in [0.5, 0.6) is 5.75 Å². The quantitative estimate of drug-likeness (QED) is 0.841. The van der Waals surface area contributed by atoms with Gasteiger partial charge < -0.3 is 10.1 Å². The number of ether oxygens (including phenoxy) is 1. The van der Waals surface area contributed by atoms with Gasteiger partial charge in [0.05, 0.1) is 12.1 Å². The number of hydrogen-bond donors (Lipinski definition) is 1. The summed E-state index contributed by atoms with van der Waals surface area (Å²) in [5, 5.41) is 3.30. The molecule has 0 aliphatic heterocycles. The van der Waals surface area contributed by atoms with Gasteiger partial charge in [-0.2, -0.15) is 0 Å². The van der Waals surface area contributed by atoms with Crippen molar-refractivity contribution >= 4 is 11.6 Å². The Bertz CT molecular complexity index is 330. The standard InChI is InChI=1S/C10H13ClFNO/c1-6(13-2)8-4-7(12)5-9(11)10(8)14-3/h4-6,13H,1-3H3. The molecule has 0 aliphatic rings. The molecule has 0 aromatic heterocycles. The Labute approximate surface area is 88.0 Å². The minimum atomic E-state index is -0.354. The summed E-state index contributed by atoms with van der Waals surface area (Å²) in [6.07, 6.45) is 0. The average molecular weight is 218 g/mol. The molecule has 1 N–H and O–H groups in total. The summed E-state index contributed by atoms with van der Waals surface area (Å²) < 4.78 is 18.2. The largest absolute Gasteiger partial charge is 0.495 e. The van der Waals surface area contributed by atoms with Crippen LogP contribution in [-0.2, 0) is 0 Å². The fourth-order valence-electron chi connectivity index (χ4n) is 1.27. The fraction of sp³-hybridized carbons (Fsp3) is 0.400. The number of halogens is 2. The zero-order chi connectivity index (χ0) is 10.7. The van der Waals surface area contributed by atoms with Crippen molar-refractivity contribution in [2.24, 2.45) is 0 Å². The molecule has 0 aliphatic carbocycles. The second-order valence-electron chi connectivity index (χ2n) is 3.02. The van der Waals surface area contributed by atoms with E-state index >= 15 is 0 Å². The molecule has 14 heavy (non-hydrogen) atoms. The maximum absolute atomic E-state index is 13.1. The van der Waals surface area contributed by atoms with Gasteiger partial charge in [-0.05, 0) is 26.1 Å². The van der Waals surface area contributed by atoms with Crippen LogP contribution in [0.4, 0.5) is 4.39 Å². The summed E-state index contributed by atoms with van der Waals surface area (Å²) in [7, 11) is 3.31. The Morgan fingerprint density at radius 1 is 1.50 bits per heavy atom. The van der Waals surface area contributed by atoms with Crippen molar-refractivity contribution in [3.63, 3.8) is 0 Å². The lowest BCUT2D eigenvalue weighted by Gasteiger charge is -2.16. The average Bonchev–Trinajstić information content (AvgIpc) is 2.15. The minimum Gasteiger partial charge on any atom is -0.495 e. The number of nitrogens with one attached hydrogen (secondary N) is 1. The number of hydrogen-bond acceptors (Lipinski definition) is 2. The van der Waals surface area contributed by atoms with Crippen molar-refractivity contribution in [1.29, 1.82) is 0 Å². The summed E-state index contributed by atoms with van der Waals surface area (Å²) in [6.45, 7) is 1.91. The van der Waals surface area contributed by atoms with Gasteiger partial charge in [0.1, 0.15) is 11.6 Å². The Morgan fingerprint density at radius 3 is 2.64 bits per heavy atom. The number of benzene rings is 1.